The van der Waals surface area contributed by atoms with Crippen molar-refractivity contribution in [2.24, 2.45) is 0 Å². The number of anilines is 1. The molecule has 1 unspecified atom stereocenters. The first-order chi connectivity index (χ1) is 12.8. The minimum absolute atomic E-state index is 0.00851. The number of nitrogens with one attached hydrogen (secondary N) is 1. The summed E-state index contributed by atoms with van der Waals surface area (Å²) in [4.78, 5) is 15.0. The van der Waals surface area contributed by atoms with E-state index in [9.17, 15) is 4.79 Å². The highest BCUT2D eigenvalue weighted by Crippen LogP contribution is 2.27. The molecule has 4 rings (SSSR count). The van der Waals surface area contributed by atoms with Gasteiger partial charge in [0.25, 0.3) is 0 Å². The van der Waals surface area contributed by atoms with Crippen LogP contribution in [0.5, 0.6) is 0 Å². The fourth-order valence-electron chi connectivity index (χ4n) is 3.29. The van der Waals surface area contributed by atoms with Crippen LogP contribution in [0.2, 0.25) is 0 Å². The predicted molar refractivity (Wildman–Crippen MR) is 104 cm³/mol. The van der Waals surface area contributed by atoms with Crippen molar-refractivity contribution in [1.29, 1.82) is 0 Å². The van der Waals surface area contributed by atoms with E-state index in [1.165, 1.54) is 16.9 Å². The maximum atomic E-state index is 12.7. The number of amides is 1. The Hall–Kier alpha value is -2.57. The summed E-state index contributed by atoms with van der Waals surface area (Å²) in [7, 11) is 0. The number of carbonyl (C=O) groups is 1. The van der Waals surface area contributed by atoms with Gasteiger partial charge < -0.3 is 0 Å². The number of benzene rings is 2. The number of carbonyl (C=O) groups excluding carboxylic acids is 1. The lowest BCUT2D eigenvalue weighted by Gasteiger charge is -2.23. The standard InChI is InChI=1S/C20H20N4OS/c25-18(17-12-7-13-24(17)14-15-8-3-1-4-9-15)21-20-23-22-19(26-20)16-10-5-2-6-11-16/h1-6,8-11,17H,7,12-14H2,(H,21,23,25). The molecule has 0 spiro atoms. The molecule has 1 aromatic heterocycles. The van der Waals surface area contributed by atoms with Crippen LogP contribution >= 0.6 is 11.3 Å². The average Bonchev–Trinajstić information content (AvgIpc) is 3.33. The van der Waals surface area contributed by atoms with Gasteiger partial charge in [0.05, 0.1) is 6.04 Å². The van der Waals surface area contributed by atoms with Gasteiger partial charge in [-0.3, -0.25) is 15.0 Å². The van der Waals surface area contributed by atoms with Crippen LogP contribution in [0.25, 0.3) is 10.6 Å². The van der Waals surface area contributed by atoms with Gasteiger partial charge in [0.15, 0.2) is 0 Å². The monoisotopic (exact) mass is 364 g/mol. The first-order valence-electron chi connectivity index (χ1n) is 8.77. The van der Waals surface area contributed by atoms with Gasteiger partial charge in [-0.1, -0.05) is 72.0 Å². The van der Waals surface area contributed by atoms with E-state index in [4.69, 9.17) is 0 Å². The Bertz CT molecular complexity index is 866. The summed E-state index contributed by atoms with van der Waals surface area (Å²) >= 11 is 1.41. The van der Waals surface area contributed by atoms with Gasteiger partial charge in [-0.2, -0.15) is 0 Å². The number of hydrogen-bond donors (Lipinski definition) is 1. The number of hydrogen-bond acceptors (Lipinski definition) is 5. The van der Waals surface area contributed by atoms with Crippen LogP contribution in [0.15, 0.2) is 60.7 Å². The molecule has 5 nitrogen and oxygen atoms in total. The minimum Gasteiger partial charge on any atom is -0.299 e. The molecular formula is C20H20N4OS. The van der Waals surface area contributed by atoms with Crippen molar-refractivity contribution in [3.05, 3.63) is 66.2 Å². The quantitative estimate of drug-likeness (QED) is 0.748. The fourth-order valence-corrected chi connectivity index (χ4v) is 4.04. The van der Waals surface area contributed by atoms with E-state index < -0.39 is 0 Å². The van der Waals surface area contributed by atoms with Gasteiger partial charge in [0, 0.05) is 12.1 Å². The van der Waals surface area contributed by atoms with Crippen LogP contribution in [-0.2, 0) is 11.3 Å². The lowest BCUT2D eigenvalue weighted by atomic mass is 10.1. The van der Waals surface area contributed by atoms with Crippen LogP contribution in [0.3, 0.4) is 0 Å². The van der Waals surface area contributed by atoms with E-state index in [1.807, 2.05) is 48.5 Å². The van der Waals surface area contributed by atoms with Crippen LogP contribution in [0.4, 0.5) is 5.13 Å². The van der Waals surface area contributed by atoms with Crippen LogP contribution in [-0.4, -0.2) is 33.6 Å². The molecule has 1 atom stereocenters. The van der Waals surface area contributed by atoms with Crippen LogP contribution < -0.4 is 5.32 Å². The molecule has 1 fully saturated rings. The fraction of sp³-hybridized carbons (Fsp3) is 0.250. The van der Waals surface area contributed by atoms with Crippen molar-refractivity contribution in [2.45, 2.75) is 25.4 Å². The molecule has 132 valence electrons. The average molecular weight is 364 g/mol. The molecule has 1 aliphatic heterocycles. The Morgan fingerprint density at radius 2 is 1.81 bits per heavy atom. The molecule has 1 aliphatic rings. The number of rotatable bonds is 5. The third-order valence-electron chi connectivity index (χ3n) is 4.57. The maximum Gasteiger partial charge on any atom is 0.243 e. The summed E-state index contributed by atoms with van der Waals surface area (Å²) in [5, 5.41) is 12.6. The Labute approximate surface area is 156 Å². The number of nitrogens with zero attached hydrogens (tertiary/aromatic N) is 3. The van der Waals surface area contributed by atoms with Crippen molar-refractivity contribution >= 4 is 22.4 Å². The van der Waals surface area contributed by atoms with Crippen LogP contribution in [0.1, 0.15) is 18.4 Å². The van der Waals surface area contributed by atoms with E-state index in [2.05, 4.69) is 32.5 Å². The molecule has 0 saturated carbocycles. The van der Waals surface area contributed by atoms with Crippen molar-refractivity contribution in [1.82, 2.24) is 15.1 Å². The van der Waals surface area contributed by atoms with Gasteiger partial charge in [-0.25, -0.2) is 0 Å². The molecule has 0 radical (unpaired) electrons. The molecule has 2 heterocycles. The molecule has 1 N–H and O–H groups in total. The SMILES string of the molecule is O=C(Nc1nnc(-c2ccccc2)s1)C1CCCN1Cc1ccccc1. The lowest BCUT2D eigenvalue weighted by molar-refractivity contribution is -0.120. The summed E-state index contributed by atoms with van der Waals surface area (Å²) < 4.78 is 0. The summed E-state index contributed by atoms with van der Waals surface area (Å²) in [6.45, 7) is 1.74. The largest absolute Gasteiger partial charge is 0.299 e. The highest BCUT2D eigenvalue weighted by Gasteiger charge is 2.31. The zero-order valence-electron chi connectivity index (χ0n) is 14.3. The number of likely N-dealkylation sites (tertiary alicyclic amines) is 1. The van der Waals surface area contributed by atoms with Gasteiger partial charge in [0.1, 0.15) is 5.01 Å². The van der Waals surface area contributed by atoms with E-state index in [1.54, 1.807) is 0 Å². The minimum atomic E-state index is -0.112. The Balaban J connectivity index is 1.42. The normalized spacial score (nSPS) is 17.3. The van der Waals surface area contributed by atoms with Gasteiger partial charge in [0.2, 0.25) is 11.0 Å². The van der Waals surface area contributed by atoms with E-state index in [0.29, 0.717) is 5.13 Å². The summed E-state index contributed by atoms with van der Waals surface area (Å²) in [6.07, 6.45) is 1.92. The molecule has 0 aliphatic carbocycles. The summed E-state index contributed by atoms with van der Waals surface area (Å²) in [5.41, 5.74) is 2.24. The topological polar surface area (TPSA) is 58.1 Å². The Kier molecular flexibility index (Phi) is 5.04. The van der Waals surface area contributed by atoms with Crippen molar-refractivity contribution in [2.75, 3.05) is 11.9 Å². The van der Waals surface area contributed by atoms with Gasteiger partial charge in [-0.15, -0.1) is 10.2 Å². The molecule has 1 saturated heterocycles. The molecule has 6 heteroatoms. The van der Waals surface area contributed by atoms with Crippen molar-refractivity contribution in [3.63, 3.8) is 0 Å². The molecule has 1 amide bonds. The van der Waals surface area contributed by atoms with Gasteiger partial charge >= 0.3 is 0 Å². The predicted octanol–water partition coefficient (Wildman–Crippen LogP) is 3.81. The molecule has 3 aromatic rings. The highest BCUT2D eigenvalue weighted by molar-refractivity contribution is 7.18. The van der Waals surface area contributed by atoms with E-state index >= 15 is 0 Å². The maximum absolute atomic E-state index is 12.7. The first-order valence-corrected chi connectivity index (χ1v) is 9.59. The third kappa shape index (κ3) is 3.81. The summed E-state index contributed by atoms with van der Waals surface area (Å²) in [5.74, 6) is 0.00851. The molecule has 0 bridgehead atoms. The van der Waals surface area contributed by atoms with E-state index in [-0.39, 0.29) is 11.9 Å². The number of aromatic nitrogens is 2. The Morgan fingerprint density at radius 3 is 2.58 bits per heavy atom. The third-order valence-corrected chi connectivity index (χ3v) is 5.46. The molecule has 26 heavy (non-hydrogen) atoms. The second-order valence-corrected chi connectivity index (χ2v) is 7.36. The summed E-state index contributed by atoms with van der Waals surface area (Å²) in [6, 6.07) is 20.1. The van der Waals surface area contributed by atoms with E-state index in [0.717, 1.165) is 36.5 Å². The highest BCUT2D eigenvalue weighted by atomic mass is 32.1. The zero-order chi connectivity index (χ0) is 17.8. The second-order valence-electron chi connectivity index (χ2n) is 6.38. The Morgan fingerprint density at radius 1 is 1.08 bits per heavy atom. The van der Waals surface area contributed by atoms with Crippen LogP contribution in [0, 0.1) is 0 Å². The molecular weight excluding hydrogens is 344 g/mol. The smallest absolute Gasteiger partial charge is 0.243 e. The zero-order valence-corrected chi connectivity index (χ0v) is 15.2. The van der Waals surface area contributed by atoms with Crippen molar-refractivity contribution < 1.29 is 4.79 Å². The second kappa shape index (κ2) is 7.76. The van der Waals surface area contributed by atoms with Crippen molar-refractivity contribution in [3.8, 4) is 10.6 Å². The lowest BCUT2D eigenvalue weighted by Crippen LogP contribution is -2.39. The molecule has 2 aromatic carbocycles. The first kappa shape index (κ1) is 16.9. The van der Waals surface area contributed by atoms with Gasteiger partial charge in [-0.05, 0) is 24.9 Å².